The van der Waals surface area contributed by atoms with Crippen LogP contribution in [-0.2, 0) is 0 Å². The lowest BCUT2D eigenvalue weighted by Gasteiger charge is -2.28. The van der Waals surface area contributed by atoms with E-state index in [9.17, 15) is 10.1 Å². The number of hydrogen-bond donors (Lipinski definition) is 2. The number of anilines is 1. The standard InChI is InChI=1S/C13H19N3O3/c1-19-13-6-5-11(8-12(13)16(17)18)15-10-4-2-3-9(14)7-10/h5-6,8-10,15H,2-4,7,14H2,1H3. The molecule has 0 aliphatic heterocycles. The second kappa shape index (κ2) is 5.88. The zero-order chi connectivity index (χ0) is 13.8. The van der Waals surface area contributed by atoms with Crippen molar-refractivity contribution in [1.82, 2.24) is 0 Å². The molecule has 0 radical (unpaired) electrons. The summed E-state index contributed by atoms with van der Waals surface area (Å²) in [5.74, 6) is 0.274. The average Bonchev–Trinajstić information content (AvgIpc) is 2.38. The molecule has 0 saturated heterocycles. The normalized spacial score (nSPS) is 22.8. The van der Waals surface area contributed by atoms with Crippen molar-refractivity contribution in [2.45, 2.75) is 37.8 Å². The average molecular weight is 265 g/mol. The Morgan fingerprint density at radius 2 is 2.26 bits per heavy atom. The molecule has 1 aromatic rings. The van der Waals surface area contributed by atoms with Gasteiger partial charge in [-0.2, -0.15) is 0 Å². The van der Waals surface area contributed by atoms with Crippen LogP contribution >= 0.6 is 0 Å². The van der Waals surface area contributed by atoms with Crippen LogP contribution in [0.5, 0.6) is 5.75 Å². The first-order valence-corrected chi connectivity index (χ1v) is 6.44. The molecule has 2 rings (SSSR count). The molecule has 2 unspecified atom stereocenters. The molecular formula is C13H19N3O3. The molecule has 0 amide bonds. The minimum Gasteiger partial charge on any atom is -0.490 e. The first kappa shape index (κ1) is 13.6. The van der Waals surface area contributed by atoms with Crippen LogP contribution in [0, 0.1) is 10.1 Å². The molecule has 104 valence electrons. The summed E-state index contributed by atoms with van der Waals surface area (Å²) in [6.07, 6.45) is 4.10. The number of nitro benzene ring substituents is 1. The van der Waals surface area contributed by atoms with E-state index in [1.807, 2.05) is 0 Å². The van der Waals surface area contributed by atoms with E-state index >= 15 is 0 Å². The van der Waals surface area contributed by atoms with Crippen molar-refractivity contribution < 1.29 is 9.66 Å². The summed E-state index contributed by atoms with van der Waals surface area (Å²) in [5, 5.41) is 14.3. The van der Waals surface area contributed by atoms with Gasteiger partial charge in [0.25, 0.3) is 0 Å². The summed E-state index contributed by atoms with van der Waals surface area (Å²) in [5.41, 5.74) is 6.66. The van der Waals surface area contributed by atoms with Crippen molar-refractivity contribution >= 4 is 11.4 Å². The Labute approximate surface area is 112 Å². The Kier molecular flexibility index (Phi) is 4.21. The maximum atomic E-state index is 11.0. The van der Waals surface area contributed by atoms with Gasteiger partial charge in [-0.3, -0.25) is 10.1 Å². The fraction of sp³-hybridized carbons (Fsp3) is 0.538. The molecule has 0 heterocycles. The van der Waals surface area contributed by atoms with Crippen LogP contribution in [0.2, 0.25) is 0 Å². The maximum Gasteiger partial charge on any atom is 0.312 e. The SMILES string of the molecule is COc1ccc(NC2CCCC(N)C2)cc1[N+](=O)[O-]. The van der Waals surface area contributed by atoms with E-state index in [4.69, 9.17) is 10.5 Å². The van der Waals surface area contributed by atoms with Crippen molar-refractivity contribution in [3.8, 4) is 5.75 Å². The predicted molar refractivity (Wildman–Crippen MR) is 73.5 cm³/mol. The molecule has 6 nitrogen and oxygen atoms in total. The highest BCUT2D eigenvalue weighted by Crippen LogP contribution is 2.31. The van der Waals surface area contributed by atoms with E-state index in [2.05, 4.69) is 5.32 Å². The van der Waals surface area contributed by atoms with Gasteiger partial charge in [0.15, 0.2) is 5.75 Å². The van der Waals surface area contributed by atoms with Crippen molar-refractivity contribution in [1.29, 1.82) is 0 Å². The van der Waals surface area contributed by atoms with Crippen molar-refractivity contribution in [2.75, 3.05) is 12.4 Å². The van der Waals surface area contributed by atoms with E-state index in [0.29, 0.717) is 0 Å². The molecule has 0 spiro atoms. The second-order valence-corrected chi connectivity index (χ2v) is 4.91. The summed E-state index contributed by atoms with van der Waals surface area (Å²) in [4.78, 5) is 10.5. The topological polar surface area (TPSA) is 90.4 Å². The molecule has 1 saturated carbocycles. The molecule has 1 aromatic carbocycles. The molecule has 1 fully saturated rings. The maximum absolute atomic E-state index is 11.0. The smallest absolute Gasteiger partial charge is 0.312 e. The van der Waals surface area contributed by atoms with E-state index in [-0.39, 0.29) is 23.5 Å². The largest absolute Gasteiger partial charge is 0.490 e. The number of rotatable bonds is 4. The highest BCUT2D eigenvalue weighted by Gasteiger charge is 2.21. The third kappa shape index (κ3) is 3.35. The van der Waals surface area contributed by atoms with Crippen LogP contribution in [0.3, 0.4) is 0 Å². The van der Waals surface area contributed by atoms with Gasteiger partial charge >= 0.3 is 5.69 Å². The Morgan fingerprint density at radius 3 is 2.89 bits per heavy atom. The Morgan fingerprint density at radius 1 is 1.47 bits per heavy atom. The summed E-state index contributed by atoms with van der Waals surface area (Å²) in [6.45, 7) is 0. The second-order valence-electron chi connectivity index (χ2n) is 4.91. The summed E-state index contributed by atoms with van der Waals surface area (Å²) in [7, 11) is 1.43. The molecular weight excluding hydrogens is 246 g/mol. The lowest BCUT2D eigenvalue weighted by molar-refractivity contribution is -0.385. The number of nitrogens with one attached hydrogen (secondary N) is 1. The molecule has 6 heteroatoms. The molecule has 0 aromatic heterocycles. The van der Waals surface area contributed by atoms with E-state index in [1.165, 1.54) is 13.2 Å². The number of benzene rings is 1. The highest BCUT2D eigenvalue weighted by atomic mass is 16.6. The van der Waals surface area contributed by atoms with Gasteiger partial charge in [0.05, 0.1) is 12.0 Å². The minimum absolute atomic E-state index is 0.0207. The first-order valence-electron chi connectivity index (χ1n) is 6.44. The zero-order valence-electron chi connectivity index (χ0n) is 11.0. The number of hydrogen-bond acceptors (Lipinski definition) is 5. The summed E-state index contributed by atoms with van der Waals surface area (Å²) < 4.78 is 4.98. The Bertz CT molecular complexity index is 464. The van der Waals surface area contributed by atoms with Crippen molar-refractivity contribution in [2.24, 2.45) is 5.73 Å². The fourth-order valence-corrected chi connectivity index (χ4v) is 2.52. The van der Waals surface area contributed by atoms with Crippen LogP contribution in [-0.4, -0.2) is 24.1 Å². The van der Waals surface area contributed by atoms with Crippen molar-refractivity contribution in [3.05, 3.63) is 28.3 Å². The van der Waals surface area contributed by atoms with Gasteiger partial charge in [-0.15, -0.1) is 0 Å². The van der Waals surface area contributed by atoms with Crippen molar-refractivity contribution in [3.63, 3.8) is 0 Å². The highest BCUT2D eigenvalue weighted by molar-refractivity contribution is 5.58. The lowest BCUT2D eigenvalue weighted by atomic mass is 9.91. The third-order valence-corrected chi connectivity index (χ3v) is 3.46. The Hall–Kier alpha value is -1.82. The summed E-state index contributed by atoms with van der Waals surface area (Å²) in [6, 6.07) is 5.44. The van der Waals surface area contributed by atoms with E-state index < -0.39 is 4.92 Å². The van der Waals surface area contributed by atoms with E-state index in [0.717, 1.165) is 31.4 Å². The zero-order valence-corrected chi connectivity index (χ0v) is 11.0. The molecule has 1 aliphatic carbocycles. The predicted octanol–water partition coefficient (Wildman–Crippen LogP) is 2.29. The van der Waals surface area contributed by atoms with Gasteiger partial charge in [0.2, 0.25) is 0 Å². The number of ether oxygens (including phenoxy) is 1. The van der Waals surface area contributed by atoms with Gasteiger partial charge < -0.3 is 15.8 Å². The minimum atomic E-state index is -0.434. The number of nitrogens with two attached hydrogens (primary N) is 1. The molecule has 1 aliphatic rings. The van der Waals surface area contributed by atoms with Gasteiger partial charge in [0.1, 0.15) is 0 Å². The van der Waals surface area contributed by atoms with Gasteiger partial charge in [-0.25, -0.2) is 0 Å². The van der Waals surface area contributed by atoms with Gasteiger partial charge in [0, 0.05) is 23.8 Å². The molecule has 0 bridgehead atoms. The third-order valence-electron chi connectivity index (χ3n) is 3.46. The Balaban J connectivity index is 2.12. The number of nitrogens with zero attached hydrogens (tertiary/aromatic N) is 1. The number of nitro groups is 1. The number of methoxy groups -OCH3 is 1. The van der Waals surface area contributed by atoms with Crippen LogP contribution in [0.1, 0.15) is 25.7 Å². The van der Waals surface area contributed by atoms with E-state index in [1.54, 1.807) is 12.1 Å². The van der Waals surface area contributed by atoms with Gasteiger partial charge in [-0.05, 0) is 37.8 Å². The van der Waals surface area contributed by atoms with Crippen LogP contribution in [0.25, 0.3) is 0 Å². The molecule has 2 atom stereocenters. The quantitative estimate of drug-likeness (QED) is 0.644. The monoisotopic (exact) mass is 265 g/mol. The lowest BCUT2D eigenvalue weighted by Crippen LogP contribution is -2.34. The molecule has 19 heavy (non-hydrogen) atoms. The van der Waals surface area contributed by atoms with Crippen LogP contribution in [0.15, 0.2) is 18.2 Å². The first-order chi connectivity index (χ1) is 9.10. The van der Waals surface area contributed by atoms with Crippen LogP contribution in [0.4, 0.5) is 11.4 Å². The van der Waals surface area contributed by atoms with Crippen LogP contribution < -0.4 is 15.8 Å². The van der Waals surface area contributed by atoms with Gasteiger partial charge in [-0.1, -0.05) is 0 Å². The fourth-order valence-electron chi connectivity index (χ4n) is 2.52. The molecule has 3 N–H and O–H groups in total. The summed E-state index contributed by atoms with van der Waals surface area (Å²) >= 11 is 0.